The second kappa shape index (κ2) is 12.3. The molecule has 0 amide bonds. The largest absolute Gasteiger partial charge is 1.00 e. The van der Waals surface area contributed by atoms with Crippen LogP contribution in [-0.4, -0.2) is 30.8 Å². The predicted octanol–water partition coefficient (Wildman–Crippen LogP) is -5.14. The van der Waals surface area contributed by atoms with Crippen LogP contribution in [0.15, 0.2) is 6.20 Å². The van der Waals surface area contributed by atoms with Gasteiger partial charge in [0.1, 0.15) is 6.29 Å². The Hall–Kier alpha value is 1.60. The van der Waals surface area contributed by atoms with Crippen LogP contribution in [0.4, 0.5) is 5.13 Å². The number of anilines is 1. The summed E-state index contributed by atoms with van der Waals surface area (Å²) in [5.74, 6) is 0. The van der Waals surface area contributed by atoms with Crippen molar-refractivity contribution in [3.63, 3.8) is 0 Å². The Morgan fingerprint density at radius 1 is 1.50 bits per heavy atom. The monoisotopic (exact) mass is 337 g/mol. The summed E-state index contributed by atoms with van der Waals surface area (Å²) >= 11 is 1.36. The number of rotatable bonds is 3. The summed E-state index contributed by atoms with van der Waals surface area (Å²) in [6.45, 7) is 1.88. The first kappa shape index (κ1) is 24.6. The number of aromatic nitrogens is 1. The van der Waals surface area contributed by atoms with E-state index < -0.39 is 15.9 Å². The third kappa shape index (κ3) is 17.6. The zero-order chi connectivity index (χ0) is 12.8. The Morgan fingerprint density at radius 3 is 2.22 bits per heavy atom. The van der Waals surface area contributed by atoms with Gasteiger partial charge in [0.15, 0.2) is 5.13 Å². The zero-order valence-corrected chi connectivity index (χ0v) is 16.7. The first-order valence-corrected chi connectivity index (χ1v) is 7.54. The van der Waals surface area contributed by atoms with Crippen LogP contribution in [0.3, 0.4) is 0 Å². The van der Waals surface area contributed by atoms with E-state index in [0.29, 0.717) is 5.13 Å². The maximum absolute atomic E-state index is 10.4. The first-order chi connectivity index (χ1) is 7.20. The second-order valence-corrected chi connectivity index (χ2v) is 5.91. The molecule has 0 aliphatic rings. The number of hydrogen-bond acceptors (Lipinski definition) is 5. The smallest absolute Gasteiger partial charge is 1.00 e. The third-order valence-corrected chi connectivity index (χ3v) is 2.50. The summed E-state index contributed by atoms with van der Waals surface area (Å²) in [7, 11) is -6.84. The Kier molecular flexibility index (Phi) is 16.9. The Bertz CT molecular complexity index is 404. The molecule has 5 N–H and O–H groups in total. The van der Waals surface area contributed by atoms with E-state index in [9.17, 15) is 4.57 Å². The molecule has 18 heavy (non-hydrogen) atoms. The second-order valence-electron chi connectivity index (χ2n) is 2.53. The predicted molar refractivity (Wildman–Crippen MR) is 61.7 cm³/mol. The summed E-state index contributed by atoms with van der Waals surface area (Å²) in [4.78, 5) is 36.1. The Morgan fingerprint density at radius 2 is 1.94 bits per heavy atom. The number of hydrogen-bond donors (Lipinski definition) is 5. The van der Waals surface area contributed by atoms with Crippen molar-refractivity contribution in [1.82, 2.24) is 4.98 Å². The van der Waals surface area contributed by atoms with Crippen molar-refractivity contribution in [3.8, 4) is 0 Å². The van der Waals surface area contributed by atoms with Crippen LogP contribution in [0, 0.1) is 6.92 Å². The fourth-order valence-corrected chi connectivity index (χ4v) is 1.73. The van der Waals surface area contributed by atoms with Crippen LogP contribution >= 0.6 is 27.2 Å². The summed E-state index contributed by atoms with van der Waals surface area (Å²) in [6.07, 6.45) is 1.28. The molecule has 0 fully saturated rings. The molecule has 0 aliphatic carbocycles. The van der Waals surface area contributed by atoms with E-state index in [4.69, 9.17) is 24.1 Å². The summed E-state index contributed by atoms with van der Waals surface area (Å²) in [5, 5.41) is 3.09. The number of thiazole rings is 1. The molecular weight excluding hydrogens is 324 g/mol. The minimum absolute atomic E-state index is 0. The molecule has 0 bridgehead atoms. The van der Waals surface area contributed by atoms with E-state index in [1.54, 1.807) is 6.20 Å². The van der Waals surface area contributed by atoms with E-state index >= 15 is 0 Å². The van der Waals surface area contributed by atoms with E-state index in [1.165, 1.54) is 11.3 Å². The Balaban J connectivity index is -0.0000000844. The maximum Gasteiger partial charge on any atom is 1.00 e. The first-order valence-electron chi connectivity index (χ1n) is 3.76. The van der Waals surface area contributed by atoms with Gasteiger partial charge in [-0.05, 0) is 6.92 Å². The van der Waals surface area contributed by atoms with Crippen molar-refractivity contribution in [2.24, 2.45) is 0 Å². The molecule has 0 atom stereocenters. The van der Waals surface area contributed by atoms with E-state index in [-0.39, 0.29) is 68.3 Å². The number of nitrogens with zero attached hydrogens (tertiary/aromatic N) is 1. The van der Waals surface area contributed by atoms with Gasteiger partial charge in [-0.3, -0.25) is 4.57 Å². The van der Waals surface area contributed by atoms with Crippen molar-refractivity contribution in [3.05, 3.63) is 11.1 Å². The van der Waals surface area contributed by atoms with Gasteiger partial charge in [-0.25, -0.2) is 4.98 Å². The third-order valence-electron chi connectivity index (χ3n) is 1.06. The summed E-state index contributed by atoms with van der Waals surface area (Å²) in [5.41, 5.74) is 0. The van der Waals surface area contributed by atoms with Gasteiger partial charge < -0.3 is 18.0 Å². The van der Waals surface area contributed by atoms with Gasteiger partial charge in [-0.2, -0.15) is 0 Å². The fraction of sp³-hybridized carbons (Fsp3) is 0.400. The molecule has 96 valence electrons. The van der Waals surface area contributed by atoms with Gasteiger partial charge in [0.2, 0.25) is 0 Å². The average Bonchev–Trinajstić information content (AvgIpc) is 2.45. The van der Waals surface area contributed by atoms with Crippen LogP contribution in [-0.2, 0) is 9.13 Å². The van der Waals surface area contributed by atoms with Gasteiger partial charge >= 0.3 is 75.0 Å². The summed E-state index contributed by atoms with van der Waals surface area (Å²) < 4.78 is 19.1. The zero-order valence-electron chi connectivity index (χ0n) is 12.1. The molecule has 1 heterocycles. The quantitative estimate of drug-likeness (QED) is 0.273. The van der Waals surface area contributed by atoms with Crippen LogP contribution in [0.5, 0.6) is 0 Å². The molecule has 1 aromatic rings. The number of aryl methyl sites for hydroxylation is 1. The standard InChI is InChI=1S/C5H9N2O3PS.2Na.HO3P.2H/c1-4-2-6-5(12-4)7-3-11(8,9)10;;;1-4(2)3;;/h2H,3H2,1H3,(H,6,7)(H2,8,9,10);;;(H-,1,2,3);;/q;2*+1;;2*-1/p+1. The van der Waals surface area contributed by atoms with Crippen molar-refractivity contribution in [2.75, 3.05) is 11.6 Å². The fourth-order valence-electron chi connectivity index (χ4n) is 0.607. The molecule has 1 rings (SSSR count). The maximum atomic E-state index is 10.4. The minimum atomic E-state index is -3.97. The van der Waals surface area contributed by atoms with Gasteiger partial charge in [0, 0.05) is 15.6 Å². The van der Waals surface area contributed by atoms with Gasteiger partial charge in [-0.1, -0.05) is 0 Å². The molecular formula is C5H13N2Na2O6P2S+. The van der Waals surface area contributed by atoms with Crippen LogP contribution < -0.4 is 64.4 Å². The molecule has 8 nitrogen and oxygen atoms in total. The molecule has 0 radical (unpaired) electrons. The van der Waals surface area contributed by atoms with Crippen molar-refractivity contribution >= 4 is 32.3 Å². The molecule has 0 unspecified atom stereocenters. The molecule has 0 spiro atoms. The topological polar surface area (TPSA) is 140 Å². The van der Waals surface area contributed by atoms with Gasteiger partial charge in [-0.15, -0.1) is 21.1 Å². The molecule has 0 aliphatic heterocycles. The molecule has 0 aromatic carbocycles. The molecule has 0 saturated carbocycles. The molecule has 1 aromatic heterocycles. The SMILES string of the molecule is Cc1cnc(NCP(=O)(O)O)s1.O=[P+](O)O.[H-].[H-].[Na+].[Na+]. The van der Waals surface area contributed by atoms with Gasteiger partial charge in [0.05, 0.1) is 0 Å². The van der Waals surface area contributed by atoms with E-state index in [1.807, 2.05) is 6.92 Å². The molecule has 13 heteroatoms. The minimum Gasteiger partial charge on any atom is -1.00 e. The number of nitrogens with one attached hydrogen (secondary N) is 1. The van der Waals surface area contributed by atoms with Gasteiger partial charge in [0.25, 0.3) is 0 Å². The van der Waals surface area contributed by atoms with Crippen LogP contribution in [0.1, 0.15) is 7.73 Å². The van der Waals surface area contributed by atoms with Crippen LogP contribution in [0.2, 0.25) is 0 Å². The van der Waals surface area contributed by atoms with Crippen LogP contribution in [0.25, 0.3) is 0 Å². The summed E-state index contributed by atoms with van der Waals surface area (Å²) in [6, 6.07) is 0. The van der Waals surface area contributed by atoms with Crippen molar-refractivity contribution in [1.29, 1.82) is 0 Å². The van der Waals surface area contributed by atoms with E-state index in [2.05, 4.69) is 10.3 Å². The average molecular weight is 337 g/mol. The van der Waals surface area contributed by atoms with Crippen molar-refractivity contribution < 1.29 is 90.7 Å². The van der Waals surface area contributed by atoms with E-state index in [0.717, 1.165) is 4.88 Å². The normalized spacial score (nSPS) is 9.17. The molecule has 0 saturated heterocycles. The van der Waals surface area contributed by atoms with Crippen molar-refractivity contribution in [2.45, 2.75) is 6.92 Å². The Labute approximate surface area is 156 Å².